The minimum Gasteiger partial charge on any atom is -0.369 e. The van der Waals surface area contributed by atoms with Gasteiger partial charge in [-0.25, -0.2) is 0 Å². The summed E-state index contributed by atoms with van der Waals surface area (Å²) in [6.45, 7) is 8.31. The molecule has 2 rings (SSSR count). The highest BCUT2D eigenvalue weighted by molar-refractivity contribution is 6.34. The van der Waals surface area contributed by atoms with Crippen LogP contribution in [0.15, 0.2) is 12.3 Å². The van der Waals surface area contributed by atoms with Crippen molar-refractivity contribution in [3.63, 3.8) is 0 Å². The standard InChI is InChI=1S/C14H21Cl2N3O/c1-13(2)6-9(14(3,4)20-13)11(19-17)12-10(16)5-8(15)7-18-12/h5,7,9,11,19H,6,17H2,1-4H3. The minimum atomic E-state index is -0.314. The molecule has 1 saturated heterocycles. The Bertz CT molecular complexity index is 505. The van der Waals surface area contributed by atoms with Crippen LogP contribution in [0.1, 0.15) is 45.9 Å². The van der Waals surface area contributed by atoms with Gasteiger partial charge in [-0.2, -0.15) is 0 Å². The van der Waals surface area contributed by atoms with E-state index in [1.165, 1.54) is 0 Å². The van der Waals surface area contributed by atoms with Crippen LogP contribution in [0.4, 0.5) is 0 Å². The Hall–Kier alpha value is -0.390. The number of nitrogens with one attached hydrogen (secondary N) is 1. The highest BCUT2D eigenvalue weighted by Gasteiger charge is 2.49. The van der Waals surface area contributed by atoms with Gasteiger partial charge < -0.3 is 4.74 Å². The fraction of sp³-hybridized carbons (Fsp3) is 0.643. The van der Waals surface area contributed by atoms with Gasteiger partial charge in [-0.3, -0.25) is 16.3 Å². The first kappa shape index (κ1) is 16.0. The summed E-state index contributed by atoms with van der Waals surface area (Å²) < 4.78 is 6.12. The summed E-state index contributed by atoms with van der Waals surface area (Å²) in [5.74, 6) is 5.92. The molecule has 4 nitrogen and oxygen atoms in total. The van der Waals surface area contributed by atoms with E-state index in [0.717, 1.165) is 6.42 Å². The van der Waals surface area contributed by atoms with E-state index in [1.54, 1.807) is 12.3 Å². The van der Waals surface area contributed by atoms with Crippen LogP contribution in [-0.4, -0.2) is 16.2 Å². The predicted molar refractivity (Wildman–Crippen MR) is 81.7 cm³/mol. The molecule has 1 aliphatic heterocycles. The molecule has 6 heteroatoms. The molecule has 0 aliphatic carbocycles. The third-order valence-corrected chi connectivity index (χ3v) is 4.37. The second-order valence-corrected chi connectivity index (χ2v) is 7.28. The molecule has 1 fully saturated rings. The van der Waals surface area contributed by atoms with Crippen LogP contribution >= 0.6 is 23.2 Å². The Morgan fingerprint density at radius 3 is 2.50 bits per heavy atom. The third-order valence-electron chi connectivity index (χ3n) is 3.86. The molecule has 0 radical (unpaired) electrons. The maximum atomic E-state index is 6.26. The van der Waals surface area contributed by atoms with Gasteiger partial charge in [0, 0.05) is 12.1 Å². The maximum absolute atomic E-state index is 6.26. The van der Waals surface area contributed by atoms with E-state index in [0.29, 0.717) is 15.7 Å². The molecule has 3 N–H and O–H groups in total. The summed E-state index contributed by atoms with van der Waals surface area (Å²) in [7, 11) is 0. The minimum absolute atomic E-state index is 0.161. The Morgan fingerprint density at radius 1 is 1.40 bits per heavy atom. The molecule has 2 unspecified atom stereocenters. The summed E-state index contributed by atoms with van der Waals surface area (Å²) in [6, 6.07) is 1.50. The highest BCUT2D eigenvalue weighted by atomic mass is 35.5. The van der Waals surface area contributed by atoms with Gasteiger partial charge in [-0.15, -0.1) is 0 Å². The van der Waals surface area contributed by atoms with Gasteiger partial charge in [0.25, 0.3) is 0 Å². The van der Waals surface area contributed by atoms with Gasteiger partial charge in [0.15, 0.2) is 0 Å². The number of hydrazine groups is 1. The molecule has 0 aromatic carbocycles. The molecule has 2 heterocycles. The summed E-state index contributed by atoms with van der Waals surface area (Å²) in [6.07, 6.45) is 2.45. The van der Waals surface area contributed by atoms with Crippen molar-refractivity contribution < 1.29 is 4.74 Å². The zero-order valence-corrected chi connectivity index (χ0v) is 13.7. The molecular weight excluding hydrogens is 297 g/mol. The van der Waals surface area contributed by atoms with Crippen LogP contribution in [0.5, 0.6) is 0 Å². The third kappa shape index (κ3) is 3.10. The Balaban J connectivity index is 2.37. The van der Waals surface area contributed by atoms with Crippen molar-refractivity contribution in [2.24, 2.45) is 11.8 Å². The van der Waals surface area contributed by atoms with Gasteiger partial charge >= 0.3 is 0 Å². The quantitative estimate of drug-likeness (QED) is 0.661. The molecule has 1 aromatic rings. The molecular formula is C14H21Cl2N3O. The first-order chi connectivity index (χ1) is 9.16. The van der Waals surface area contributed by atoms with Gasteiger partial charge in [0.2, 0.25) is 0 Å². The number of hydrogen-bond donors (Lipinski definition) is 2. The number of nitrogens with two attached hydrogens (primary N) is 1. The monoisotopic (exact) mass is 317 g/mol. The van der Waals surface area contributed by atoms with Crippen molar-refractivity contribution in [3.05, 3.63) is 28.0 Å². The molecule has 0 bridgehead atoms. The number of rotatable bonds is 3. The Labute approximate surface area is 130 Å². The van der Waals surface area contributed by atoms with Crippen LogP contribution in [0.25, 0.3) is 0 Å². The number of aromatic nitrogens is 1. The average molecular weight is 318 g/mol. The van der Waals surface area contributed by atoms with Gasteiger partial charge in [0.1, 0.15) is 0 Å². The summed E-state index contributed by atoms with van der Waals surface area (Å²) in [5.41, 5.74) is 3.04. The molecule has 0 amide bonds. The lowest BCUT2D eigenvalue weighted by Crippen LogP contribution is -2.41. The fourth-order valence-electron chi connectivity index (χ4n) is 3.16. The number of pyridine rings is 1. The fourth-order valence-corrected chi connectivity index (χ4v) is 3.66. The van der Waals surface area contributed by atoms with E-state index < -0.39 is 0 Å². The zero-order chi connectivity index (χ0) is 15.1. The number of halogens is 2. The lowest BCUT2D eigenvalue weighted by molar-refractivity contribution is -0.0780. The predicted octanol–water partition coefficient (Wildman–Crippen LogP) is 3.49. The van der Waals surface area contributed by atoms with Crippen LogP contribution < -0.4 is 11.3 Å². The average Bonchev–Trinajstić information content (AvgIpc) is 2.51. The zero-order valence-electron chi connectivity index (χ0n) is 12.2. The lowest BCUT2D eigenvalue weighted by Gasteiger charge is -2.32. The van der Waals surface area contributed by atoms with E-state index in [2.05, 4.69) is 38.1 Å². The van der Waals surface area contributed by atoms with Crippen LogP contribution in [0.3, 0.4) is 0 Å². The van der Waals surface area contributed by atoms with Crippen LogP contribution in [0.2, 0.25) is 10.0 Å². The number of nitrogens with zero attached hydrogens (tertiary/aromatic N) is 1. The second-order valence-electron chi connectivity index (χ2n) is 6.44. The number of hydrogen-bond acceptors (Lipinski definition) is 4. The van der Waals surface area contributed by atoms with Gasteiger partial charge in [-0.05, 0) is 40.2 Å². The Kier molecular flexibility index (Phi) is 4.34. The van der Waals surface area contributed by atoms with E-state index in [4.69, 9.17) is 33.8 Å². The number of ether oxygens (including phenoxy) is 1. The largest absolute Gasteiger partial charge is 0.369 e. The summed E-state index contributed by atoms with van der Waals surface area (Å²) in [4.78, 5) is 4.34. The molecule has 1 aromatic heterocycles. The lowest BCUT2D eigenvalue weighted by atomic mass is 9.80. The first-order valence-corrected chi connectivity index (χ1v) is 7.39. The molecule has 0 saturated carbocycles. The Morgan fingerprint density at radius 2 is 2.05 bits per heavy atom. The second kappa shape index (κ2) is 5.43. The van der Waals surface area contributed by atoms with Gasteiger partial charge in [-0.1, -0.05) is 23.2 Å². The SMILES string of the molecule is CC1(C)CC(C(NN)c2ncc(Cl)cc2Cl)C(C)(C)O1. The van der Waals surface area contributed by atoms with Crippen molar-refractivity contribution in [2.75, 3.05) is 0 Å². The summed E-state index contributed by atoms with van der Waals surface area (Å²) in [5, 5.41) is 1.03. The highest BCUT2D eigenvalue weighted by Crippen LogP contribution is 2.48. The maximum Gasteiger partial charge on any atom is 0.0777 e. The van der Waals surface area contributed by atoms with Crippen molar-refractivity contribution in [3.8, 4) is 0 Å². The van der Waals surface area contributed by atoms with E-state index in [1.807, 2.05) is 0 Å². The van der Waals surface area contributed by atoms with E-state index in [9.17, 15) is 0 Å². The molecule has 1 aliphatic rings. The molecule has 112 valence electrons. The van der Waals surface area contributed by atoms with Gasteiger partial charge in [0.05, 0.1) is 33.0 Å². The first-order valence-electron chi connectivity index (χ1n) is 6.63. The van der Waals surface area contributed by atoms with Crippen molar-refractivity contribution in [2.45, 2.75) is 51.4 Å². The smallest absolute Gasteiger partial charge is 0.0777 e. The van der Waals surface area contributed by atoms with Crippen LogP contribution in [0, 0.1) is 5.92 Å². The van der Waals surface area contributed by atoms with Crippen molar-refractivity contribution in [1.82, 2.24) is 10.4 Å². The normalized spacial score (nSPS) is 25.6. The molecule has 2 atom stereocenters. The molecule has 0 spiro atoms. The van der Waals surface area contributed by atoms with E-state index in [-0.39, 0.29) is 23.2 Å². The van der Waals surface area contributed by atoms with Crippen LogP contribution in [-0.2, 0) is 4.74 Å². The molecule has 20 heavy (non-hydrogen) atoms. The van der Waals surface area contributed by atoms with E-state index >= 15 is 0 Å². The summed E-state index contributed by atoms with van der Waals surface area (Å²) >= 11 is 12.2. The van der Waals surface area contributed by atoms with Crippen molar-refractivity contribution >= 4 is 23.2 Å². The topological polar surface area (TPSA) is 60.2 Å². The van der Waals surface area contributed by atoms with Crippen molar-refractivity contribution in [1.29, 1.82) is 0 Å².